The Morgan fingerprint density at radius 3 is 2.78 bits per heavy atom. The van der Waals surface area contributed by atoms with E-state index < -0.39 is 29.6 Å². The molecule has 0 unspecified atom stereocenters. The maximum Gasteiger partial charge on any atom is 0.331 e. The van der Waals surface area contributed by atoms with Crippen molar-refractivity contribution in [1.82, 2.24) is 0 Å². The third-order valence-electron chi connectivity index (χ3n) is 2.78. The van der Waals surface area contributed by atoms with Crippen molar-refractivity contribution in [3.63, 3.8) is 0 Å². The minimum atomic E-state index is -1.15. The van der Waals surface area contributed by atoms with Crippen LogP contribution >= 0.6 is 11.3 Å². The second kappa shape index (κ2) is 7.64. The van der Waals surface area contributed by atoms with Gasteiger partial charge in [-0.2, -0.15) is 0 Å². The monoisotopic (exact) mass is 337 g/mol. The van der Waals surface area contributed by atoms with Crippen LogP contribution in [0.1, 0.15) is 11.8 Å². The largest absolute Gasteiger partial charge is 0.449 e. The van der Waals surface area contributed by atoms with E-state index in [1.54, 1.807) is 6.08 Å². The molecule has 7 heteroatoms. The summed E-state index contributed by atoms with van der Waals surface area (Å²) in [7, 11) is 0. The molecule has 1 aromatic carbocycles. The van der Waals surface area contributed by atoms with Gasteiger partial charge in [-0.05, 0) is 36.6 Å². The molecule has 1 atom stereocenters. The first kappa shape index (κ1) is 16.8. The van der Waals surface area contributed by atoms with Gasteiger partial charge in [-0.3, -0.25) is 4.79 Å². The SMILES string of the molecule is C[C@@H](OC(=O)/C=C/c1cccs1)C(=O)Nc1cc(F)ccc1F. The Morgan fingerprint density at radius 2 is 2.09 bits per heavy atom. The molecule has 0 bridgehead atoms. The lowest BCUT2D eigenvalue weighted by molar-refractivity contribution is -0.148. The van der Waals surface area contributed by atoms with Gasteiger partial charge in [0.2, 0.25) is 0 Å². The smallest absolute Gasteiger partial charge is 0.331 e. The lowest BCUT2D eigenvalue weighted by atomic mass is 10.2. The van der Waals surface area contributed by atoms with Crippen molar-refractivity contribution in [2.24, 2.45) is 0 Å². The first-order valence-corrected chi connectivity index (χ1v) is 7.52. The number of anilines is 1. The number of carbonyl (C=O) groups excluding carboxylic acids is 2. The van der Waals surface area contributed by atoms with Gasteiger partial charge in [0, 0.05) is 17.0 Å². The quantitative estimate of drug-likeness (QED) is 0.670. The van der Waals surface area contributed by atoms with Gasteiger partial charge in [-0.15, -0.1) is 11.3 Å². The van der Waals surface area contributed by atoms with Crippen LogP contribution < -0.4 is 5.32 Å². The molecule has 0 saturated heterocycles. The fourth-order valence-corrected chi connectivity index (χ4v) is 2.25. The molecule has 0 fully saturated rings. The van der Waals surface area contributed by atoms with Gasteiger partial charge in [0.05, 0.1) is 5.69 Å². The van der Waals surface area contributed by atoms with E-state index in [0.717, 1.165) is 23.1 Å². The van der Waals surface area contributed by atoms with Crippen molar-refractivity contribution in [2.75, 3.05) is 5.32 Å². The molecule has 0 aliphatic heterocycles. The van der Waals surface area contributed by atoms with Crippen molar-refractivity contribution in [3.05, 3.63) is 58.3 Å². The van der Waals surface area contributed by atoms with E-state index in [4.69, 9.17) is 4.74 Å². The lowest BCUT2D eigenvalue weighted by Crippen LogP contribution is -2.29. The van der Waals surface area contributed by atoms with E-state index in [2.05, 4.69) is 5.32 Å². The molecule has 0 aliphatic rings. The molecule has 0 radical (unpaired) electrons. The second-order valence-electron chi connectivity index (χ2n) is 4.54. The van der Waals surface area contributed by atoms with Crippen molar-refractivity contribution in [2.45, 2.75) is 13.0 Å². The number of carbonyl (C=O) groups is 2. The highest BCUT2D eigenvalue weighted by molar-refractivity contribution is 7.10. The summed E-state index contributed by atoms with van der Waals surface area (Å²) in [6, 6.07) is 6.32. The summed E-state index contributed by atoms with van der Waals surface area (Å²) in [5, 5.41) is 4.03. The number of nitrogens with one attached hydrogen (secondary N) is 1. The van der Waals surface area contributed by atoms with E-state index >= 15 is 0 Å². The second-order valence-corrected chi connectivity index (χ2v) is 5.52. The first-order valence-electron chi connectivity index (χ1n) is 6.64. The predicted octanol–water partition coefficient (Wildman–Crippen LogP) is 3.61. The first-order chi connectivity index (χ1) is 11.0. The zero-order valence-electron chi connectivity index (χ0n) is 12.1. The number of esters is 1. The van der Waals surface area contributed by atoms with E-state index in [1.165, 1.54) is 24.3 Å². The average Bonchev–Trinajstić information content (AvgIpc) is 3.02. The molecule has 1 heterocycles. The van der Waals surface area contributed by atoms with Gasteiger partial charge in [0.15, 0.2) is 6.10 Å². The fourth-order valence-electron chi connectivity index (χ4n) is 1.63. The van der Waals surface area contributed by atoms with Gasteiger partial charge in [-0.25, -0.2) is 13.6 Å². The van der Waals surface area contributed by atoms with Gasteiger partial charge in [0.25, 0.3) is 5.91 Å². The number of thiophene rings is 1. The zero-order chi connectivity index (χ0) is 16.8. The summed E-state index contributed by atoms with van der Waals surface area (Å²) in [6.45, 7) is 1.34. The van der Waals surface area contributed by atoms with Crippen LogP contribution in [0.2, 0.25) is 0 Å². The van der Waals surface area contributed by atoms with Crippen LogP contribution in [-0.2, 0) is 14.3 Å². The number of halogens is 2. The predicted molar refractivity (Wildman–Crippen MR) is 83.9 cm³/mol. The van der Waals surface area contributed by atoms with Crippen LogP contribution in [0.4, 0.5) is 14.5 Å². The van der Waals surface area contributed by atoms with Crippen molar-refractivity contribution in [1.29, 1.82) is 0 Å². The van der Waals surface area contributed by atoms with Crippen molar-refractivity contribution < 1.29 is 23.1 Å². The molecule has 1 amide bonds. The topological polar surface area (TPSA) is 55.4 Å². The highest BCUT2D eigenvalue weighted by atomic mass is 32.1. The number of hydrogen-bond donors (Lipinski definition) is 1. The Balaban J connectivity index is 1.92. The summed E-state index contributed by atoms with van der Waals surface area (Å²) in [4.78, 5) is 24.3. The van der Waals surface area contributed by atoms with Crippen molar-refractivity contribution in [3.8, 4) is 0 Å². The highest BCUT2D eigenvalue weighted by Gasteiger charge is 2.18. The minimum absolute atomic E-state index is 0.313. The van der Waals surface area contributed by atoms with Crippen LogP contribution in [0, 0.1) is 11.6 Å². The third-order valence-corrected chi connectivity index (χ3v) is 3.61. The van der Waals surface area contributed by atoms with E-state index in [1.807, 2.05) is 17.5 Å². The molecule has 2 rings (SSSR count). The molecule has 23 heavy (non-hydrogen) atoms. The van der Waals surface area contributed by atoms with E-state index in [-0.39, 0.29) is 5.69 Å². The minimum Gasteiger partial charge on any atom is -0.449 e. The molecule has 0 saturated carbocycles. The summed E-state index contributed by atoms with van der Waals surface area (Å²) in [5.41, 5.74) is -0.313. The normalized spacial score (nSPS) is 12.1. The molecular weight excluding hydrogens is 324 g/mol. The molecule has 1 N–H and O–H groups in total. The lowest BCUT2D eigenvalue weighted by Gasteiger charge is -2.12. The molecule has 4 nitrogen and oxygen atoms in total. The Labute approximate surface area is 135 Å². The van der Waals surface area contributed by atoms with Gasteiger partial charge in [-0.1, -0.05) is 6.07 Å². The molecule has 1 aromatic heterocycles. The van der Waals surface area contributed by atoms with Crippen LogP contribution in [-0.4, -0.2) is 18.0 Å². The number of hydrogen-bond acceptors (Lipinski definition) is 4. The van der Waals surface area contributed by atoms with Gasteiger partial charge < -0.3 is 10.1 Å². The number of rotatable bonds is 5. The van der Waals surface area contributed by atoms with Crippen LogP contribution in [0.25, 0.3) is 6.08 Å². The van der Waals surface area contributed by atoms with Crippen molar-refractivity contribution >= 4 is 35.0 Å². The molecule has 120 valence electrons. The molecule has 0 spiro atoms. The number of amides is 1. The molecule has 0 aliphatic carbocycles. The van der Waals surface area contributed by atoms with E-state index in [9.17, 15) is 18.4 Å². The Bertz CT molecular complexity index is 729. The number of benzene rings is 1. The maximum atomic E-state index is 13.4. The maximum absolute atomic E-state index is 13.4. The average molecular weight is 337 g/mol. The summed E-state index contributed by atoms with van der Waals surface area (Å²) < 4.78 is 31.4. The Morgan fingerprint density at radius 1 is 1.30 bits per heavy atom. The Hall–Kier alpha value is -2.54. The fraction of sp³-hybridized carbons (Fsp3) is 0.125. The van der Waals surface area contributed by atoms with Crippen LogP contribution in [0.15, 0.2) is 41.8 Å². The summed E-state index contributed by atoms with van der Waals surface area (Å²) in [6.07, 6.45) is 1.60. The summed E-state index contributed by atoms with van der Waals surface area (Å²) in [5.74, 6) is -2.94. The standard InChI is InChI=1S/C16H13F2NO3S/c1-10(22-15(20)7-5-12-3-2-8-23-12)16(21)19-14-9-11(17)4-6-13(14)18/h2-10H,1H3,(H,19,21)/b7-5+/t10-/m1/s1. The molecule has 2 aromatic rings. The van der Waals surface area contributed by atoms with E-state index in [0.29, 0.717) is 0 Å². The van der Waals surface area contributed by atoms with Crippen LogP contribution in [0.3, 0.4) is 0 Å². The number of ether oxygens (including phenoxy) is 1. The van der Waals surface area contributed by atoms with Crippen LogP contribution in [0.5, 0.6) is 0 Å². The zero-order valence-corrected chi connectivity index (χ0v) is 12.9. The third kappa shape index (κ3) is 5.00. The van der Waals surface area contributed by atoms with Gasteiger partial charge >= 0.3 is 5.97 Å². The van der Waals surface area contributed by atoms with Gasteiger partial charge in [0.1, 0.15) is 11.6 Å². The summed E-state index contributed by atoms with van der Waals surface area (Å²) >= 11 is 1.44. The highest BCUT2D eigenvalue weighted by Crippen LogP contribution is 2.16. The Kier molecular flexibility index (Phi) is 5.59. The molecular formula is C16H13F2NO3S.